The Bertz CT molecular complexity index is 1010. The zero-order chi connectivity index (χ0) is 21.8. The van der Waals surface area contributed by atoms with Gasteiger partial charge in [0.25, 0.3) is 11.2 Å². The zero-order valence-electron chi connectivity index (χ0n) is 15.9. The highest BCUT2D eigenvalue weighted by molar-refractivity contribution is 5.97. The fraction of sp³-hybridized carbons (Fsp3) is 0.278. The number of rotatable bonds is 5. The average molecular weight is 406 g/mol. The third kappa shape index (κ3) is 6.41. The molecule has 154 valence electrons. The van der Waals surface area contributed by atoms with Crippen LogP contribution < -0.4 is 16.2 Å². The number of hydrogen-bond acceptors (Lipinski definition) is 6. The molecule has 10 nitrogen and oxygen atoms in total. The van der Waals surface area contributed by atoms with E-state index in [9.17, 15) is 28.9 Å². The molecule has 1 heterocycles. The number of amides is 2. The predicted octanol–water partition coefficient (Wildman–Crippen LogP) is 2.88. The van der Waals surface area contributed by atoms with Gasteiger partial charge in [-0.15, -0.1) is 0 Å². The zero-order valence-corrected chi connectivity index (χ0v) is 15.9. The second kappa shape index (κ2) is 8.50. The van der Waals surface area contributed by atoms with Gasteiger partial charge in [0.2, 0.25) is 5.91 Å². The van der Waals surface area contributed by atoms with Crippen molar-refractivity contribution in [3.63, 3.8) is 0 Å². The number of anilines is 2. The first-order valence-corrected chi connectivity index (χ1v) is 8.39. The number of nitro groups is 1. The van der Waals surface area contributed by atoms with Crippen molar-refractivity contribution in [1.29, 1.82) is 0 Å². The highest BCUT2D eigenvalue weighted by Crippen LogP contribution is 2.24. The molecule has 2 aromatic rings. The number of carbonyl (C=O) groups excluding carboxylic acids is 2. The summed E-state index contributed by atoms with van der Waals surface area (Å²) >= 11 is 0. The average Bonchev–Trinajstić information content (AvgIpc) is 2.57. The first kappa shape index (κ1) is 21.5. The molecule has 0 aliphatic rings. The van der Waals surface area contributed by atoms with Gasteiger partial charge in [-0.05, 0) is 39.0 Å². The SMILES string of the molecule is CC(C)(C)OC(=O)Nc1ccc(F)cc1NC(=O)Cn1cc([N+](=O)[O-])ccc1=O. The number of carbonyl (C=O) groups is 2. The summed E-state index contributed by atoms with van der Waals surface area (Å²) < 4.78 is 19.6. The first-order valence-electron chi connectivity index (χ1n) is 8.39. The molecule has 0 aliphatic heterocycles. The lowest BCUT2D eigenvalue weighted by molar-refractivity contribution is -0.385. The van der Waals surface area contributed by atoms with Crippen molar-refractivity contribution in [3.05, 3.63) is 62.8 Å². The summed E-state index contributed by atoms with van der Waals surface area (Å²) in [6.07, 6.45) is 0.113. The third-order valence-electron chi connectivity index (χ3n) is 3.38. The van der Waals surface area contributed by atoms with E-state index in [2.05, 4.69) is 10.6 Å². The quantitative estimate of drug-likeness (QED) is 0.579. The number of nitrogens with zero attached hydrogens (tertiary/aromatic N) is 2. The van der Waals surface area contributed by atoms with Gasteiger partial charge in [-0.25, -0.2) is 9.18 Å². The molecule has 0 radical (unpaired) electrons. The molecule has 0 unspecified atom stereocenters. The molecule has 11 heteroatoms. The van der Waals surface area contributed by atoms with Gasteiger partial charge in [0.1, 0.15) is 18.0 Å². The monoisotopic (exact) mass is 406 g/mol. The lowest BCUT2D eigenvalue weighted by atomic mass is 10.2. The summed E-state index contributed by atoms with van der Waals surface area (Å²) in [6, 6.07) is 5.26. The molecule has 0 bridgehead atoms. The number of aromatic nitrogens is 1. The minimum absolute atomic E-state index is 0.0698. The van der Waals surface area contributed by atoms with Gasteiger partial charge in [-0.1, -0.05) is 0 Å². The molecule has 1 aromatic heterocycles. The molecule has 0 atom stereocenters. The maximum absolute atomic E-state index is 13.6. The van der Waals surface area contributed by atoms with Crippen LogP contribution in [0, 0.1) is 15.9 Å². The van der Waals surface area contributed by atoms with Crippen molar-refractivity contribution >= 4 is 29.1 Å². The van der Waals surface area contributed by atoms with Crippen LogP contribution >= 0.6 is 0 Å². The van der Waals surface area contributed by atoms with Crippen LogP contribution in [-0.2, 0) is 16.1 Å². The van der Waals surface area contributed by atoms with Crippen molar-refractivity contribution in [1.82, 2.24) is 4.57 Å². The minimum Gasteiger partial charge on any atom is -0.444 e. The van der Waals surface area contributed by atoms with Gasteiger partial charge in [-0.2, -0.15) is 0 Å². The maximum Gasteiger partial charge on any atom is 0.412 e. The fourth-order valence-corrected chi connectivity index (χ4v) is 2.24. The highest BCUT2D eigenvalue weighted by atomic mass is 19.1. The molecule has 0 saturated heterocycles. The standard InChI is InChI=1S/C18H19FN4O6/c1-18(2,3)29-17(26)21-13-6-4-11(19)8-14(13)20-15(24)10-22-9-12(23(27)28)5-7-16(22)25/h4-9H,10H2,1-3H3,(H,20,24)(H,21,26). The number of benzene rings is 1. The van der Waals surface area contributed by atoms with Crippen LogP contribution in [0.3, 0.4) is 0 Å². The van der Waals surface area contributed by atoms with Crippen LogP contribution in [0.25, 0.3) is 0 Å². The Kier molecular flexibility index (Phi) is 6.32. The molecule has 0 spiro atoms. The molecule has 0 fully saturated rings. The Balaban J connectivity index is 2.19. The Hall–Kier alpha value is -3.76. The molecule has 0 aliphatic carbocycles. The highest BCUT2D eigenvalue weighted by Gasteiger charge is 2.18. The Morgan fingerprint density at radius 2 is 1.86 bits per heavy atom. The summed E-state index contributed by atoms with van der Waals surface area (Å²) in [6.45, 7) is 4.44. The van der Waals surface area contributed by atoms with Gasteiger partial charge in [0, 0.05) is 12.1 Å². The molecule has 2 N–H and O–H groups in total. The Morgan fingerprint density at radius 1 is 1.17 bits per heavy atom. The van der Waals surface area contributed by atoms with Crippen LogP contribution in [-0.4, -0.2) is 27.1 Å². The van der Waals surface area contributed by atoms with Crippen LogP contribution in [0.5, 0.6) is 0 Å². The second-order valence-corrected chi connectivity index (χ2v) is 6.98. The van der Waals surface area contributed by atoms with E-state index in [4.69, 9.17) is 4.74 Å². The van der Waals surface area contributed by atoms with Gasteiger partial charge in [0.05, 0.1) is 22.5 Å². The third-order valence-corrected chi connectivity index (χ3v) is 3.38. The van der Waals surface area contributed by atoms with E-state index in [1.54, 1.807) is 20.8 Å². The number of pyridine rings is 1. The number of nitrogens with one attached hydrogen (secondary N) is 2. The largest absolute Gasteiger partial charge is 0.444 e. The lowest BCUT2D eigenvalue weighted by Crippen LogP contribution is -2.29. The van der Waals surface area contributed by atoms with E-state index < -0.39 is 40.4 Å². The van der Waals surface area contributed by atoms with Crippen LogP contribution in [0.4, 0.5) is 26.2 Å². The lowest BCUT2D eigenvalue weighted by Gasteiger charge is -2.20. The van der Waals surface area contributed by atoms with Crippen LogP contribution in [0.2, 0.25) is 0 Å². The summed E-state index contributed by atoms with van der Waals surface area (Å²) in [5, 5.41) is 15.6. The van der Waals surface area contributed by atoms with Gasteiger partial charge in [-0.3, -0.25) is 29.6 Å². The smallest absolute Gasteiger partial charge is 0.412 e. The van der Waals surface area contributed by atoms with E-state index in [0.29, 0.717) is 0 Å². The van der Waals surface area contributed by atoms with E-state index >= 15 is 0 Å². The molecule has 0 saturated carbocycles. The molecule has 2 rings (SSSR count). The van der Waals surface area contributed by atoms with Crippen molar-refractivity contribution in [2.24, 2.45) is 0 Å². The Morgan fingerprint density at radius 3 is 2.48 bits per heavy atom. The number of halogens is 1. The minimum atomic E-state index is -0.811. The van der Waals surface area contributed by atoms with Crippen LogP contribution in [0.1, 0.15) is 20.8 Å². The normalized spacial score (nSPS) is 10.9. The molecule has 1 aromatic carbocycles. The topological polar surface area (TPSA) is 133 Å². The maximum atomic E-state index is 13.6. The summed E-state index contributed by atoms with van der Waals surface area (Å²) in [4.78, 5) is 46.1. The number of hydrogen-bond donors (Lipinski definition) is 2. The summed E-state index contributed by atoms with van der Waals surface area (Å²) in [5.74, 6) is -1.44. The van der Waals surface area contributed by atoms with Gasteiger partial charge < -0.3 is 10.1 Å². The number of ether oxygens (including phenoxy) is 1. The van der Waals surface area contributed by atoms with Crippen molar-refractivity contribution in [2.45, 2.75) is 32.9 Å². The molecule has 2 amide bonds. The van der Waals surface area contributed by atoms with Crippen molar-refractivity contribution in [3.8, 4) is 0 Å². The predicted molar refractivity (Wildman–Crippen MR) is 102 cm³/mol. The van der Waals surface area contributed by atoms with Gasteiger partial charge >= 0.3 is 6.09 Å². The molecule has 29 heavy (non-hydrogen) atoms. The first-order chi connectivity index (χ1) is 13.4. The van der Waals surface area contributed by atoms with Gasteiger partial charge in [0.15, 0.2) is 0 Å². The molecular weight excluding hydrogens is 387 g/mol. The van der Waals surface area contributed by atoms with E-state index in [-0.39, 0.29) is 17.1 Å². The second-order valence-electron chi connectivity index (χ2n) is 6.98. The van der Waals surface area contributed by atoms with E-state index in [1.807, 2.05) is 0 Å². The van der Waals surface area contributed by atoms with Crippen molar-refractivity contribution < 1.29 is 23.6 Å². The summed E-state index contributed by atoms with van der Waals surface area (Å²) in [7, 11) is 0. The van der Waals surface area contributed by atoms with Crippen molar-refractivity contribution in [2.75, 3.05) is 10.6 Å². The van der Waals surface area contributed by atoms with E-state index in [1.165, 1.54) is 6.07 Å². The van der Waals surface area contributed by atoms with Crippen LogP contribution in [0.15, 0.2) is 41.3 Å². The Labute approximate surface area is 164 Å². The van der Waals surface area contributed by atoms with E-state index in [0.717, 1.165) is 35.0 Å². The fourth-order valence-electron chi connectivity index (χ4n) is 2.24. The summed E-state index contributed by atoms with van der Waals surface area (Å²) in [5.41, 5.74) is -1.76. The molecular formula is C18H19FN4O6.